The number of para-hydroxylation sites is 1. The van der Waals surface area contributed by atoms with E-state index in [2.05, 4.69) is 10.6 Å². The second-order valence-corrected chi connectivity index (χ2v) is 14.2. The van der Waals surface area contributed by atoms with Gasteiger partial charge in [-0.1, -0.05) is 48.5 Å². The number of benzene rings is 3. The molecular formula is C35H39N3O5S. The Morgan fingerprint density at radius 1 is 0.977 bits per heavy atom. The molecule has 1 spiro atoms. The average Bonchev–Trinajstić information content (AvgIpc) is 3.58. The van der Waals surface area contributed by atoms with Gasteiger partial charge in [-0.2, -0.15) is 0 Å². The van der Waals surface area contributed by atoms with E-state index < -0.39 is 33.4 Å². The molecule has 0 aromatic heterocycles. The monoisotopic (exact) mass is 613 g/mol. The maximum atomic E-state index is 14.7. The predicted molar refractivity (Wildman–Crippen MR) is 173 cm³/mol. The first-order valence-electron chi connectivity index (χ1n) is 15.2. The number of fused-ring (bicyclic) bond motifs is 1. The number of nitrogens with zero attached hydrogens (tertiary/aromatic N) is 1. The van der Waals surface area contributed by atoms with Gasteiger partial charge in [0, 0.05) is 16.1 Å². The molecule has 230 valence electrons. The van der Waals surface area contributed by atoms with Crippen LogP contribution in [-0.2, 0) is 14.4 Å². The number of aryl methyl sites for hydroxylation is 2. The first kappa shape index (κ1) is 30.2. The van der Waals surface area contributed by atoms with E-state index in [1.54, 1.807) is 40.9 Å². The highest BCUT2D eigenvalue weighted by atomic mass is 32.2. The summed E-state index contributed by atoms with van der Waals surface area (Å²) in [4.78, 5) is 44.9. The summed E-state index contributed by atoms with van der Waals surface area (Å²) in [6.07, 6.45) is 1.31. The lowest BCUT2D eigenvalue weighted by Crippen LogP contribution is -2.52. The van der Waals surface area contributed by atoms with Crippen LogP contribution in [0, 0.1) is 25.7 Å². The fourth-order valence-electron chi connectivity index (χ4n) is 7.65. The van der Waals surface area contributed by atoms with Gasteiger partial charge in [0.25, 0.3) is 0 Å². The Hall–Kier alpha value is -3.82. The minimum atomic E-state index is -0.883. The van der Waals surface area contributed by atoms with Crippen molar-refractivity contribution in [3.63, 3.8) is 0 Å². The van der Waals surface area contributed by atoms with Crippen LogP contribution in [0.25, 0.3) is 0 Å². The Morgan fingerprint density at radius 3 is 2.30 bits per heavy atom. The zero-order valence-corrected chi connectivity index (χ0v) is 26.3. The minimum Gasteiger partial charge on any atom is -0.494 e. The lowest BCUT2D eigenvalue weighted by atomic mass is 9.66. The average molecular weight is 614 g/mol. The smallest absolute Gasteiger partial charge is 0.248 e. The first-order chi connectivity index (χ1) is 21.1. The molecule has 2 unspecified atom stereocenters. The van der Waals surface area contributed by atoms with Crippen molar-refractivity contribution in [1.82, 2.24) is 4.90 Å². The number of rotatable bonds is 9. The number of nitrogens with one attached hydrogen (secondary N) is 2. The van der Waals surface area contributed by atoms with Gasteiger partial charge < -0.3 is 25.4 Å². The largest absolute Gasteiger partial charge is 0.494 e. The van der Waals surface area contributed by atoms with Crippen LogP contribution in [0.5, 0.6) is 5.75 Å². The fraction of sp³-hybridized carbons (Fsp3) is 0.400. The van der Waals surface area contributed by atoms with E-state index in [-0.39, 0.29) is 24.3 Å². The van der Waals surface area contributed by atoms with E-state index >= 15 is 0 Å². The molecule has 3 saturated heterocycles. The molecule has 44 heavy (non-hydrogen) atoms. The summed E-state index contributed by atoms with van der Waals surface area (Å²) in [6.45, 7) is 8.04. The van der Waals surface area contributed by atoms with Crippen LogP contribution in [0.2, 0.25) is 0 Å². The molecule has 0 saturated carbocycles. The molecule has 3 aliphatic heterocycles. The Kier molecular flexibility index (Phi) is 7.96. The molecule has 3 fully saturated rings. The highest BCUT2D eigenvalue weighted by molar-refractivity contribution is 8.02. The van der Waals surface area contributed by atoms with E-state index in [9.17, 15) is 19.5 Å². The maximum absolute atomic E-state index is 14.7. The van der Waals surface area contributed by atoms with Crippen molar-refractivity contribution in [2.45, 2.75) is 62.1 Å². The molecule has 3 N–H and O–H groups in total. The molecule has 3 amide bonds. The number of amides is 3. The SMILES string of the molecule is CCOc1ccc(NC(=O)[C@@H]2[C@H]3C(=O)N([C@H](CO)c4ccccc4)C(C(=O)Nc4c(C)cccc4C)C34CC[C@@]2(C)S4)cc1. The van der Waals surface area contributed by atoms with E-state index in [1.165, 1.54) is 0 Å². The van der Waals surface area contributed by atoms with Gasteiger partial charge in [-0.3, -0.25) is 14.4 Å². The highest BCUT2D eigenvalue weighted by Gasteiger charge is 2.77. The van der Waals surface area contributed by atoms with Gasteiger partial charge in [-0.05, 0) is 81.5 Å². The molecule has 3 aromatic rings. The Bertz CT molecular complexity index is 1560. The van der Waals surface area contributed by atoms with Crippen molar-refractivity contribution in [1.29, 1.82) is 0 Å². The zero-order chi connectivity index (χ0) is 31.2. The van der Waals surface area contributed by atoms with Crippen molar-refractivity contribution in [3.8, 4) is 5.75 Å². The number of carbonyl (C=O) groups is 3. The second-order valence-electron chi connectivity index (χ2n) is 12.3. The fourth-order valence-corrected chi connectivity index (χ4v) is 10.00. The van der Waals surface area contributed by atoms with Crippen LogP contribution >= 0.6 is 11.8 Å². The number of anilines is 2. The lowest BCUT2D eigenvalue weighted by Gasteiger charge is -2.37. The number of thioether (sulfide) groups is 1. The van der Waals surface area contributed by atoms with Crippen LogP contribution < -0.4 is 15.4 Å². The quantitative estimate of drug-likeness (QED) is 0.295. The van der Waals surface area contributed by atoms with Crippen molar-refractivity contribution in [2.24, 2.45) is 11.8 Å². The summed E-state index contributed by atoms with van der Waals surface area (Å²) in [5.74, 6) is -1.46. The van der Waals surface area contributed by atoms with Crippen LogP contribution in [-0.4, -0.2) is 56.5 Å². The van der Waals surface area contributed by atoms with E-state index in [0.29, 0.717) is 30.9 Å². The van der Waals surface area contributed by atoms with Crippen LogP contribution in [0.15, 0.2) is 72.8 Å². The number of aliphatic hydroxyl groups is 1. The van der Waals surface area contributed by atoms with Gasteiger partial charge in [0.05, 0.1) is 35.8 Å². The van der Waals surface area contributed by atoms with Gasteiger partial charge in [0.1, 0.15) is 11.8 Å². The number of ether oxygens (including phenoxy) is 1. The van der Waals surface area contributed by atoms with Gasteiger partial charge in [0.2, 0.25) is 17.7 Å². The second kappa shape index (κ2) is 11.6. The molecule has 6 atom stereocenters. The van der Waals surface area contributed by atoms with E-state index in [1.807, 2.05) is 76.2 Å². The number of likely N-dealkylation sites (tertiary alicyclic amines) is 1. The highest BCUT2D eigenvalue weighted by Crippen LogP contribution is 2.72. The molecule has 0 radical (unpaired) electrons. The third kappa shape index (κ3) is 4.86. The summed E-state index contributed by atoms with van der Waals surface area (Å²) in [7, 11) is 0. The van der Waals surface area contributed by atoms with Gasteiger partial charge in [-0.15, -0.1) is 11.8 Å². The zero-order valence-electron chi connectivity index (χ0n) is 25.5. The molecule has 3 heterocycles. The lowest BCUT2D eigenvalue weighted by molar-refractivity contribution is -0.141. The summed E-state index contributed by atoms with van der Waals surface area (Å²) in [5, 5.41) is 16.9. The molecular weight excluding hydrogens is 574 g/mol. The van der Waals surface area contributed by atoms with Gasteiger partial charge in [-0.25, -0.2) is 0 Å². The van der Waals surface area contributed by atoms with Crippen LogP contribution in [0.3, 0.4) is 0 Å². The normalized spacial score (nSPS) is 27.6. The van der Waals surface area contributed by atoms with Crippen molar-refractivity contribution in [3.05, 3.63) is 89.5 Å². The Labute approximate surface area is 262 Å². The van der Waals surface area contributed by atoms with Crippen molar-refractivity contribution < 1.29 is 24.2 Å². The summed E-state index contributed by atoms with van der Waals surface area (Å²) < 4.78 is 4.19. The molecule has 2 bridgehead atoms. The molecule has 8 nitrogen and oxygen atoms in total. The van der Waals surface area contributed by atoms with Crippen molar-refractivity contribution >= 4 is 40.9 Å². The summed E-state index contributed by atoms with van der Waals surface area (Å²) in [5.41, 5.74) is 3.93. The summed E-state index contributed by atoms with van der Waals surface area (Å²) in [6, 6.07) is 20.7. The predicted octanol–water partition coefficient (Wildman–Crippen LogP) is 5.49. The topological polar surface area (TPSA) is 108 Å². The molecule has 9 heteroatoms. The van der Waals surface area contributed by atoms with Crippen LogP contribution in [0.4, 0.5) is 11.4 Å². The maximum Gasteiger partial charge on any atom is 0.248 e. The van der Waals surface area contributed by atoms with E-state index in [0.717, 1.165) is 22.4 Å². The standard InChI is InChI=1S/C35H39N3O5S/c1-5-43-25-16-14-24(15-17-25)36-31(40)27-28-33(42)38(26(20-39)23-12-7-6-8-13-23)30(35(28)19-18-34(27,4)44-35)32(41)37-29-21(2)10-9-11-22(29)3/h6-17,26-28,30,39H,5,18-20H2,1-4H3,(H,36,40)(H,37,41)/t26-,27+,28+,30?,34-,35?/m1/s1. The first-order valence-corrected chi connectivity index (χ1v) is 16.0. The number of hydrogen-bond acceptors (Lipinski definition) is 6. The molecule has 3 aromatic carbocycles. The van der Waals surface area contributed by atoms with Crippen LogP contribution in [0.1, 0.15) is 49.4 Å². The minimum absolute atomic E-state index is 0.236. The molecule has 6 rings (SSSR count). The third-order valence-electron chi connectivity index (χ3n) is 9.60. The third-order valence-corrected chi connectivity index (χ3v) is 11.6. The number of hydrogen-bond donors (Lipinski definition) is 3. The molecule has 0 aliphatic carbocycles. The number of aliphatic hydroxyl groups excluding tert-OH is 1. The molecule has 3 aliphatic rings. The van der Waals surface area contributed by atoms with E-state index in [4.69, 9.17) is 4.74 Å². The van der Waals surface area contributed by atoms with Crippen molar-refractivity contribution in [2.75, 3.05) is 23.8 Å². The number of carbonyl (C=O) groups excluding carboxylic acids is 3. The summed E-state index contributed by atoms with van der Waals surface area (Å²) >= 11 is 1.61. The Morgan fingerprint density at radius 2 is 1.66 bits per heavy atom. The van der Waals surface area contributed by atoms with Gasteiger partial charge in [0.15, 0.2) is 0 Å². The Balaban J connectivity index is 1.40. The van der Waals surface area contributed by atoms with Gasteiger partial charge >= 0.3 is 0 Å².